The van der Waals surface area contributed by atoms with Crippen molar-refractivity contribution in [3.63, 3.8) is 0 Å². The summed E-state index contributed by atoms with van der Waals surface area (Å²) in [6, 6.07) is 12.2. The second-order valence-corrected chi connectivity index (χ2v) is 5.28. The molecule has 1 saturated heterocycles. The van der Waals surface area contributed by atoms with Gasteiger partial charge in [-0.05, 0) is 60.7 Å². The van der Waals surface area contributed by atoms with Crippen molar-refractivity contribution in [1.29, 1.82) is 0 Å². The van der Waals surface area contributed by atoms with Crippen molar-refractivity contribution in [3.8, 4) is 11.1 Å². The summed E-state index contributed by atoms with van der Waals surface area (Å²) in [6.07, 6.45) is 2.31. The van der Waals surface area contributed by atoms with E-state index in [1.807, 2.05) is 12.1 Å². The van der Waals surface area contributed by atoms with Crippen LogP contribution in [-0.4, -0.2) is 13.1 Å². The molecule has 104 valence electrons. The lowest BCUT2D eigenvalue weighted by molar-refractivity contribution is 0.460. The molecule has 1 fully saturated rings. The van der Waals surface area contributed by atoms with E-state index in [0.717, 1.165) is 31.5 Å². The average molecular weight is 273 g/mol. The van der Waals surface area contributed by atoms with Crippen LogP contribution in [0.15, 0.2) is 42.5 Å². The summed E-state index contributed by atoms with van der Waals surface area (Å²) in [6.45, 7) is 2.13. The van der Waals surface area contributed by atoms with Crippen molar-refractivity contribution in [2.75, 3.05) is 13.1 Å². The fraction of sp³-hybridized carbons (Fsp3) is 0.294. The Labute approximate surface area is 117 Å². The molecule has 3 heteroatoms. The zero-order chi connectivity index (χ0) is 13.9. The molecule has 1 heterocycles. The molecule has 1 nitrogen and oxygen atoms in total. The lowest BCUT2D eigenvalue weighted by Crippen LogP contribution is -2.26. The number of nitrogens with one attached hydrogen (secondary N) is 1. The van der Waals surface area contributed by atoms with Crippen LogP contribution in [0.4, 0.5) is 8.78 Å². The third kappa shape index (κ3) is 2.73. The first-order valence-corrected chi connectivity index (χ1v) is 7.00. The smallest absolute Gasteiger partial charge is 0.159 e. The molecule has 0 spiro atoms. The summed E-state index contributed by atoms with van der Waals surface area (Å²) in [5, 5.41) is 3.36. The summed E-state index contributed by atoms with van der Waals surface area (Å²) in [5.41, 5.74) is 2.96. The predicted molar refractivity (Wildman–Crippen MR) is 76.6 cm³/mol. The first-order valence-electron chi connectivity index (χ1n) is 7.00. The van der Waals surface area contributed by atoms with Gasteiger partial charge in [0.15, 0.2) is 11.6 Å². The molecule has 0 aromatic heterocycles. The standard InChI is InChI=1S/C17H17F2N/c18-16-6-5-15(11-17(16)19)13-3-1-12(2-4-13)14-7-9-20-10-8-14/h1-6,11,14,20H,7-10H2. The highest BCUT2D eigenvalue weighted by Crippen LogP contribution is 2.28. The maximum Gasteiger partial charge on any atom is 0.159 e. The van der Waals surface area contributed by atoms with Crippen molar-refractivity contribution in [3.05, 3.63) is 59.7 Å². The van der Waals surface area contributed by atoms with Gasteiger partial charge in [-0.25, -0.2) is 8.78 Å². The van der Waals surface area contributed by atoms with Crippen molar-refractivity contribution in [2.45, 2.75) is 18.8 Å². The van der Waals surface area contributed by atoms with Crippen LogP contribution in [-0.2, 0) is 0 Å². The second kappa shape index (κ2) is 5.71. The molecular formula is C17H17F2N. The first kappa shape index (κ1) is 13.3. The van der Waals surface area contributed by atoms with E-state index in [9.17, 15) is 8.78 Å². The minimum Gasteiger partial charge on any atom is -0.317 e. The molecule has 1 N–H and O–H groups in total. The van der Waals surface area contributed by atoms with Gasteiger partial charge in [-0.1, -0.05) is 30.3 Å². The fourth-order valence-electron chi connectivity index (χ4n) is 2.78. The van der Waals surface area contributed by atoms with Crippen LogP contribution in [0, 0.1) is 11.6 Å². The predicted octanol–water partition coefficient (Wildman–Crippen LogP) is 4.10. The molecule has 2 aromatic rings. The summed E-state index contributed by atoms with van der Waals surface area (Å²) < 4.78 is 26.2. The molecule has 0 unspecified atom stereocenters. The number of hydrogen-bond donors (Lipinski definition) is 1. The SMILES string of the molecule is Fc1ccc(-c2ccc(C3CCNCC3)cc2)cc1F. The van der Waals surface area contributed by atoms with E-state index in [0.29, 0.717) is 11.5 Å². The molecule has 1 aliphatic heterocycles. The van der Waals surface area contributed by atoms with Gasteiger partial charge < -0.3 is 5.32 Å². The monoisotopic (exact) mass is 273 g/mol. The van der Waals surface area contributed by atoms with Gasteiger partial charge in [-0.15, -0.1) is 0 Å². The first-order chi connectivity index (χ1) is 9.74. The van der Waals surface area contributed by atoms with E-state index < -0.39 is 11.6 Å². The van der Waals surface area contributed by atoms with Gasteiger partial charge in [0.2, 0.25) is 0 Å². The summed E-state index contributed by atoms with van der Waals surface area (Å²) in [7, 11) is 0. The number of benzene rings is 2. The van der Waals surface area contributed by atoms with Gasteiger partial charge in [0, 0.05) is 0 Å². The van der Waals surface area contributed by atoms with E-state index in [4.69, 9.17) is 0 Å². The lowest BCUT2D eigenvalue weighted by Gasteiger charge is -2.23. The Bertz CT molecular complexity index is 586. The van der Waals surface area contributed by atoms with Crippen LogP contribution in [0.3, 0.4) is 0 Å². The summed E-state index contributed by atoms with van der Waals surface area (Å²) in [4.78, 5) is 0. The van der Waals surface area contributed by atoms with E-state index in [1.165, 1.54) is 17.7 Å². The van der Waals surface area contributed by atoms with Gasteiger partial charge in [-0.3, -0.25) is 0 Å². The molecule has 0 bridgehead atoms. The van der Waals surface area contributed by atoms with Crippen molar-refractivity contribution in [1.82, 2.24) is 5.32 Å². The summed E-state index contributed by atoms with van der Waals surface area (Å²) >= 11 is 0. The number of halogens is 2. The Kier molecular flexibility index (Phi) is 3.79. The van der Waals surface area contributed by atoms with Crippen LogP contribution in [0.5, 0.6) is 0 Å². The van der Waals surface area contributed by atoms with Crippen LogP contribution in [0.1, 0.15) is 24.3 Å². The lowest BCUT2D eigenvalue weighted by atomic mass is 9.89. The molecular weight excluding hydrogens is 256 g/mol. The van der Waals surface area contributed by atoms with Crippen molar-refractivity contribution < 1.29 is 8.78 Å². The molecule has 0 amide bonds. The highest BCUT2D eigenvalue weighted by atomic mass is 19.2. The van der Waals surface area contributed by atoms with Crippen LogP contribution in [0.2, 0.25) is 0 Å². The van der Waals surface area contributed by atoms with Crippen LogP contribution in [0.25, 0.3) is 11.1 Å². The number of piperidine rings is 1. The van der Waals surface area contributed by atoms with Crippen LogP contribution < -0.4 is 5.32 Å². The third-order valence-corrected chi connectivity index (χ3v) is 3.97. The Morgan fingerprint density at radius 1 is 0.800 bits per heavy atom. The van der Waals surface area contributed by atoms with E-state index in [-0.39, 0.29) is 0 Å². The van der Waals surface area contributed by atoms with Gasteiger partial charge >= 0.3 is 0 Å². The van der Waals surface area contributed by atoms with Gasteiger partial charge in [0.25, 0.3) is 0 Å². The largest absolute Gasteiger partial charge is 0.317 e. The fourth-order valence-corrected chi connectivity index (χ4v) is 2.78. The van der Waals surface area contributed by atoms with Crippen molar-refractivity contribution >= 4 is 0 Å². The molecule has 3 rings (SSSR count). The molecule has 20 heavy (non-hydrogen) atoms. The average Bonchev–Trinajstić information content (AvgIpc) is 2.51. The normalized spacial score (nSPS) is 16.3. The second-order valence-electron chi connectivity index (χ2n) is 5.28. The molecule has 1 aliphatic rings. The van der Waals surface area contributed by atoms with Crippen molar-refractivity contribution in [2.24, 2.45) is 0 Å². The highest BCUT2D eigenvalue weighted by Gasteiger charge is 2.15. The Balaban J connectivity index is 1.83. The highest BCUT2D eigenvalue weighted by molar-refractivity contribution is 5.63. The van der Waals surface area contributed by atoms with Crippen LogP contribution >= 0.6 is 0 Å². The zero-order valence-corrected chi connectivity index (χ0v) is 11.2. The molecule has 0 atom stereocenters. The minimum atomic E-state index is -0.805. The maximum absolute atomic E-state index is 13.3. The third-order valence-electron chi connectivity index (χ3n) is 3.97. The zero-order valence-electron chi connectivity index (χ0n) is 11.2. The molecule has 2 aromatic carbocycles. The Morgan fingerprint density at radius 3 is 2.10 bits per heavy atom. The minimum absolute atomic E-state index is 0.607. The molecule has 0 aliphatic carbocycles. The molecule has 0 saturated carbocycles. The Morgan fingerprint density at radius 2 is 1.45 bits per heavy atom. The number of hydrogen-bond acceptors (Lipinski definition) is 1. The van der Waals surface area contributed by atoms with Gasteiger partial charge in [0.1, 0.15) is 0 Å². The maximum atomic E-state index is 13.3. The number of rotatable bonds is 2. The topological polar surface area (TPSA) is 12.0 Å². The quantitative estimate of drug-likeness (QED) is 0.868. The van der Waals surface area contributed by atoms with E-state index in [1.54, 1.807) is 6.07 Å². The molecule has 0 radical (unpaired) electrons. The van der Waals surface area contributed by atoms with Gasteiger partial charge in [-0.2, -0.15) is 0 Å². The summed E-state index contributed by atoms with van der Waals surface area (Å²) in [5.74, 6) is -1.000. The van der Waals surface area contributed by atoms with E-state index >= 15 is 0 Å². The van der Waals surface area contributed by atoms with E-state index in [2.05, 4.69) is 17.4 Å². The van der Waals surface area contributed by atoms with Gasteiger partial charge in [0.05, 0.1) is 0 Å². The Hall–Kier alpha value is -1.74.